The van der Waals surface area contributed by atoms with E-state index in [1.54, 1.807) is 0 Å². The molecule has 0 bridgehead atoms. The summed E-state index contributed by atoms with van der Waals surface area (Å²) in [5.41, 5.74) is 2.46. The van der Waals surface area contributed by atoms with E-state index < -0.39 is 0 Å². The first-order chi connectivity index (χ1) is 15.3. The van der Waals surface area contributed by atoms with Gasteiger partial charge < -0.3 is 10.0 Å². The minimum absolute atomic E-state index is 0.354. The molecule has 2 aromatic carbocycles. The number of benzene rings is 2. The van der Waals surface area contributed by atoms with Crippen molar-refractivity contribution in [3.05, 3.63) is 48.5 Å². The number of nitrogens with zero attached hydrogens (tertiary/aromatic N) is 2. The second-order valence-electron chi connectivity index (χ2n) is 9.58. The van der Waals surface area contributed by atoms with Crippen LogP contribution < -0.4 is 4.90 Å². The maximum Gasteiger partial charge on any atom is 0.0846 e. The Hall–Kier alpha value is -1.49. The summed E-state index contributed by atoms with van der Waals surface area (Å²) in [4.78, 5) is 7.65. The van der Waals surface area contributed by atoms with Gasteiger partial charge in [0.05, 0.1) is 24.0 Å². The molecule has 0 aromatic heterocycles. The van der Waals surface area contributed by atoms with Crippen LogP contribution in [0.15, 0.2) is 58.3 Å². The van der Waals surface area contributed by atoms with Crippen molar-refractivity contribution in [3.63, 3.8) is 0 Å². The first kappa shape index (κ1) is 21.4. The zero-order valence-corrected chi connectivity index (χ0v) is 19.4. The molecule has 1 aliphatic heterocycles. The quantitative estimate of drug-likeness (QED) is 0.551. The molecule has 0 unspecified atom stereocenters. The van der Waals surface area contributed by atoms with E-state index in [1.165, 1.54) is 85.4 Å². The maximum atomic E-state index is 11.4. The second kappa shape index (κ2) is 9.97. The van der Waals surface area contributed by atoms with E-state index in [0.29, 0.717) is 18.6 Å². The van der Waals surface area contributed by atoms with Gasteiger partial charge in [-0.3, -0.25) is 4.90 Å². The van der Waals surface area contributed by atoms with Crippen molar-refractivity contribution in [1.82, 2.24) is 4.90 Å². The van der Waals surface area contributed by atoms with E-state index in [0.717, 1.165) is 6.54 Å². The number of β-amino-alcohol motifs (C(OH)–C–C–N with tert-alkyl or cyclic N) is 1. The second-order valence-corrected chi connectivity index (χ2v) is 10.7. The molecule has 1 heterocycles. The van der Waals surface area contributed by atoms with Crippen molar-refractivity contribution in [2.75, 3.05) is 18.0 Å². The lowest BCUT2D eigenvalue weighted by molar-refractivity contribution is 0.0323. The van der Waals surface area contributed by atoms with Crippen LogP contribution in [-0.4, -0.2) is 41.3 Å². The van der Waals surface area contributed by atoms with Gasteiger partial charge >= 0.3 is 0 Å². The predicted octanol–water partition coefficient (Wildman–Crippen LogP) is 6.62. The SMILES string of the molecule is O[C@H](CN1c2ccccc2Sc2ccccc21)CN(C1CCCCC1)C1CCCCC1. The van der Waals surface area contributed by atoms with Gasteiger partial charge in [0.1, 0.15) is 0 Å². The molecule has 1 atom stereocenters. The van der Waals surface area contributed by atoms with Gasteiger partial charge in [-0.25, -0.2) is 0 Å². The molecule has 2 aromatic rings. The Kier molecular flexibility index (Phi) is 6.87. The summed E-state index contributed by atoms with van der Waals surface area (Å²) in [7, 11) is 0. The summed E-state index contributed by atoms with van der Waals surface area (Å²) < 4.78 is 0. The lowest BCUT2D eigenvalue weighted by atomic mass is 9.88. The lowest BCUT2D eigenvalue weighted by Crippen LogP contribution is -2.50. The number of fused-ring (bicyclic) bond motifs is 2. The van der Waals surface area contributed by atoms with Crippen molar-refractivity contribution in [1.29, 1.82) is 0 Å². The summed E-state index contributed by atoms with van der Waals surface area (Å²) in [6.07, 6.45) is 13.1. The highest BCUT2D eigenvalue weighted by Crippen LogP contribution is 2.47. The van der Waals surface area contributed by atoms with Crippen LogP contribution in [0.3, 0.4) is 0 Å². The number of hydrogen-bond donors (Lipinski definition) is 1. The summed E-state index contributed by atoms with van der Waals surface area (Å²) in [6.45, 7) is 1.47. The van der Waals surface area contributed by atoms with E-state index in [-0.39, 0.29) is 6.10 Å². The third-order valence-electron chi connectivity index (χ3n) is 7.43. The molecule has 2 fully saturated rings. The van der Waals surface area contributed by atoms with Crippen LogP contribution in [0.1, 0.15) is 64.2 Å². The van der Waals surface area contributed by atoms with Crippen molar-refractivity contribution < 1.29 is 5.11 Å². The van der Waals surface area contributed by atoms with Gasteiger partial charge in [-0.15, -0.1) is 0 Å². The molecule has 3 nitrogen and oxygen atoms in total. The monoisotopic (exact) mass is 436 g/mol. The topological polar surface area (TPSA) is 26.7 Å². The van der Waals surface area contributed by atoms with Crippen LogP contribution in [0.5, 0.6) is 0 Å². The molecule has 0 radical (unpaired) electrons. The summed E-state index contributed by atoms with van der Waals surface area (Å²) >= 11 is 1.84. The van der Waals surface area contributed by atoms with Crippen LogP contribution in [0.4, 0.5) is 11.4 Å². The zero-order chi connectivity index (χ0) is 21.0. The lowest BCUT2D eigenvalue weighted by Gasteiger charge is -2.43. The van der Waals surface area contributed by atoms with E-state index in [9.17, 15) is 5.11 Å². The van der Waals surface area contributed by atoms with E-state index in [4.69, 9.17) is 0 Å². The maximum absolute atomic E-state index is 11.4. The summed E-state index contributed by atoms with van der Waals surface area (Å²) in [6, 6.07) is 18.6. The Balaban J connectivity index is 1.35. The highest BCUT2D eigenvalue weighted by Gasteiger charge is 2.32. The normalized spacial score (nSPS) is 21.0. The first-order valence-electron chi connectivity index (χ1n) is 12.4. The van der Waals surface area contributed by atoms with Crippen LogP contribution >= 0.6 is 11.8 Å². The molecule has 0 spiro atoms. The van der Waals surface area contributed by atoms with Crippen LogP contribution in [0.25, 0.3) is 0 Å². The number of aliphatic hydroxyl groups excluding tert-OH is 1. The van der Waals surface area contributed by atoms with Gasteiger partial charge in [0, 0.05) is 28.4 Å². The highest BCUT2D eigenvalue weighted by atomic mass is 32.2. The Morgan fingerprint density at radius 2 is 1.26 bits per heavy atom. The highest BCUT2D eigenvalue weighted by molar-refractivity contribution is 7.99. The van der Waals surface area contributed by atoms with Gasteiger partial charge in [-0.2, -0.15) is 0 Å². The number of para-hydroxylation sites is 2. The fourth-order valence-electron chi connectivity index (χ4n) is 5.91. The Bertz CT molecular complexity index is 796. The Labute approximate surface area is 191 Å². The van der Waals surface area contributed by atoms with Crippen molar-refractivity contribution in [3.8, 4) is 0 Å². The molecule has 0 saturated heterocycles. The number of hydrogen-bond acceptors (Lipinski definition) is 4. The molecule has 166 valence electrons. The Morgan fingerprint density at radius 3 is 1.77 bits per heavy atom. The van der Waals surface area contributed by atoms with Gasteiger partial charge in [0.2, 0.25) is 0 Å². The fraction of sp³-hybridized carbons (Fsp3) is 0.556. The van der Waals surface area contributed by atoms with Gasteiger partial charge in [0.25, 0.3) is 0 Å². The number of rotatable bonds is 6. The van der Waals surface area contributed by atoms with Crippen LogP contribution in [0.2, 0.25) is 0 Å². The smallest absolute Gasteiger partial charge is 0.0846 e. The van der Waals surface area contributed by atoms with Gasteiger partial charge in [0.15, 0.2) is 0 Å². The molecule has 3 aliphatic rings. The van der Waals surface area contributed by atoms with Gasteiger partial charge in [-0.05, 0) is 49.9 Å². The molecular weight excluding hydrogens is 400 g/mol. The molecule has 0 amide bonds. The average molecular weight is 437 g/mol. The van der Waals surface area contributed by atoms with Crippen molar-refractivity contribution in [2.24, 2.45) is 0 Å². The molecule has 5 rings (SSSR count). The fourth-order valence-corrected chi connectivity index (χ4v) is 7.01. The van der Waals surface area contributed by atoms with Crippen LogP contribution in [-0.2, 0) is 0 Å². The molecule has 2 aliphatic carbocycles. The molecule has 4 heteroatoms. The molecule has 1 N–H and O–H groups in total. The van der Waals surface area contributed by atoms with Crippen LogP contribution in [0, 0.1) is 0 Å². The minimum atomic E-state index is -0.354. The zero-order valence-electron chi connectivity index (χ0n) is 18.6. The first-order valence-corrected chi connectivity index (χ1v) is 13.2. The van der Waals surface area contributed by atoms with Crippen molar-refractivity contribution >= 4 is 23.1 Å². The third-order valence-corrected chi connectivity index (χ3v) is 8.56. The molecule has 2 saturated carbocycles. The summed E-state index contributed by atoms with van der Waals surface area (Å²) in [5.74, 6) is 0. The van der Waals surface area contributed by atoms with E-state index in [2.05, 4.69) is 58.3 Å². The average Bonchev–Trinajstić information content (AvgIpc) is 2.83. The Morgan fingerprint density at radius 1 is 0.774 bits per heavy atom. The third kappa shape index (κ3) is 4.81. The van der Waals surface area contributed by atoms with Gasteiger partial charge in [-0.1, -0.05) is 74.6 Å². The molecular formula is C27H36N2OS. The summed E-state index contributed by atoms with van der Waals surface area (Å²) in [5, 5.41) is 11.4. The number of anilines is 2. The number of aliphatic hydroxyl groups is 1. The standard InChI is InChI=1S/C27H36N2OS/c30-23(19-28(21-11-3-1-4-12-21)22-13-5-2-6-14-22)20-29-24-15-7-9-17-26(24)31-27-18-10-8-16-25(27)29/h7-10,15-18,21-23,30H,1-6,11-14,19-20H2/t23-/m0/s1. The minimum Gasteiger partial charge on any atom is -0.390 e. The van der Waals surface area contributed by atoms with E-state index in [1.807, 2.05) is 11.8 Å². The largest absolute Gasteiger partial charge is 0.390 e. The molecule has 31 heavy (non-hydrogen) atoms. The predicted molar refractivity (Wildman–Crippen MR) is 130 cm³/mol. The van der Waals surface area contributed by atoms with E-state index >= 15 is 0 Å². The van der Waals surface area contributed by atoms with Crippen molar-refractivity contribution in [2.45, 2.75) is 92.2 Å².